The molecule has 2 aliphatic rings. The number of nitrogens with one attached hydrogen (secondary N) is 11. The normalized spacial score (nSPS) is 23.0. The van der Waals surface area contributed by atoms with Gasteiger partial charge in [-0.25, -0.2) is 13.8 Å². The lowest BCUT2D eigenvalue weighted by Gasteiger charge is -2.37. The monoisotopic (exact) mass is 1420 g/mol. The zero-order valence-corrected chi connectivity index (χ0v) is 56.3. The number of imidazole rings is 1. The van der Waals surface area contributed by atoms with Crippen LogP contribution in [-0.4, -0.2) is 183 Å². The predicted octanol–water partition coefficient (Wildman–Crippen LogP) is 1.82. The molecule has 100 heavy (non-hydrogen) atoms. The second kappa shape index (κ2) is 33.0. The van der Waals surface area contributed by atoms with Gasteiger partial charge in [0.1, 0.15) is 65.2 Å². The van der Waals surface area contributed by atoms with Crippen molar-refractivity contribution in [3.05, 3.63) is 155 Å². The molecule has 1 saturated heterocycles. The highest BCUT2D eigenvalue weighted by molar-refractivity contribution is 7.98. The molecule has 1 unspecified atom stereocenters. The van der Waals surface area contributed by atoms with Gasteiger partial charge in [0.15, 0.2) is 0 Å². The Morgan fingerprint density at radius 2 is 1.24 bits per heavy atom. The number of hydrogen-bond donors (Lipinski definition) is 15. The summed E-state index contributed by atoms with van der Waals surface area (Å²) in [6, 6.07) is 9.13. The third kappa shape index (κ3) is 19.5. The van der Waals surface area contributed by atoms with E-state index < -0.39 is 162 Å². The van der Waals surface area contributed by atoms with Gasteiger partial charge >= 0.3 is 5.97 Å². The molecule has 0 saturated carbocycles. The van der Waals surface area contributed by atoms with E-state index in [1.807, 2.05) is 24.3 Å². The van der Waals surface area contributed by atoms with E-state index in [0.29, 0.717) is 39.9 Å². The minimum absolute atomic E-state index is 0.00759. The molecule has 5 heterocycles. The van der Waals surface area contributed by atoms with Crippen molar-refractivity contribution in [1.82, 2.24) is 67.4 Å². The summed E-state index contributed by atoms with van der Waals surface area (Å²) in [6.07, 6.45) is 3.09. The number of amides is 10. The SMILES string of the molecule is CC(C)(O)C1NC(=O)CCSCc2cccc(c2)CSC[C@@H](C(N)=O)NC(=O)[C@]2(C)CCCN2C(=O)[C@H](Cc2ccc(O)cc2)NC(=O)[C@H](Cc2cnc[nH]2)NC(=O)[C@H](CC(=O)O)NC(=O)[C@H](Cc2c[nH]c3ccc(F)cc23)NC(=O)[C@H](Cc2c[nH]c3ccc(F)cc23)NC(=O)CNC1=O. The Morgan fingerprint density at radius 3 is 1.82 bits per heavy atom. The number of nitrogens with two attached hydrogens (primary N) is 1. The smallest absolute Gasteiger partial charge is 0.305 e. The van der Waals surface area contributed by atoms with Gasteiger partial charge in [-0.05, 0) is 110 Å². The summed E-state index contributed by atoms with van der Waals surface area (Å²) in [5, 5.41) is 52.7. The number of hydrogen-bond acceptors (Lipinski definition) is 16. The summed E-state index contributed by atoms with van der Waals surface area (Å²) in [6.45, 7) is 3.20. The Bertz CT molecular complexity index is 4190. The number of primary amides is 1. The van der Waals surface area contributed by atoms with E-state index >= 15 is 19.2 Å². The first-order valence-electron chi connectivity index (χ1n) is 32.0. The highest BCUT2D eigenvalue weighted by atomic mass is 32.2. The average molecular weight is 1420 g/mol. The molecule has 9 rings (SSSR count). The number of carbonyl (C=O) groups excluding carboxylic acids is 10. The lowest BCUT2D eigenvalue weighted by atomic mass is 9.95. The fourth-order valence-electron chi connectivity index (χ4n) is 11.9. The summed E-state index contributed by atoms with van der Waals surface area (Å²) in [7, 11) is 0. The van der Waals surface area contributed by atoms with Crippen LogP contribution in [0, 0.1) is 11.6 Å². The fraction of sp³-hybridized carbons (Fsp3) is 0.382. The number of aromatic amines is 3. The van der Waals surface area contributed by atoms with Gasteiger partial charge in [0.05, 0.1) is 24.9 Å². The van der Waals surface area contributed by atoms with Crippen LogP contribution < -0.4 is 48.3 Å². The first-order valence-corrected chi connectivity index (χ1v) is 34.3. The van der Waals surface area contributed by atoms with E-state index in [1.54, 1.807) is 0 Å². The van der Waals surface area contributed by atoms with Crippen molar-refractivity contribution >= 4 is 110 Å². The number of aliphatic hydroxyl groups is 1. The number of carboxylic acid groups (broad SMARTS) is 1. The fourth-order valence-corrected chi connectivity index (χ4v) is 13.8. The number of thioether (sulfide) groups is 2. The Kier molecular flexibility index (Phi) is 24.4. The number of H-pyrrole nitrogens is 3. The Balaban J connectivity index is 1.06. The highest BCUT2D eigenvalue weighted by Crippen LogP contribution is 2.32. The molecule has 2 aliphatic heterocycles. The molecule has 2 bridgehead atoms. The quantitative estimate of drug-likeness (QED) is 0.0829. The third-order valence-corrected chi connectivity index (χ3v) is 19.4. The molecule has 32 heteroatoms. The van der Waals surface area contributed by atoms with Gasteiger partial charge in [0, 0.05) is 108 Å². The van der Waals surface area contributed by atoms with E-state index in [2.05, 4.69) is 62.5 Å². The maximum absolute atomic E-state index is 15.2. The second-order valence-corrected chi connectivity index (χ2v) is 27.5. The molecule has 0 aliphatic carbocycles. The summed E-state index contributed by atoms with van der Waals surface area (Å²) in [4.78, 5) is 171. The van der Waals surface area contributed by atoms with Crippen molar-refractivity contribution in [3.8, 4) is 5.75 Å². The number of carbonyl (C=O) groups is 11. The minimum atomic E-state index is -2.06. The van der Waals surface area contributed by atoms with E-state index in [0.717, 1.165) is 17.2 Å². The van der Waals surface area contributed by atoms with E-state index in [4.69, 9.17) is 5.73 Å². The Hall–Kier alpha value is -10.3. The molecular weight excluding hydrogens is 1340 g/mol. The predicted molar refractivity (Wildman–Crippen MR) is 365 cm³/mol. The van der Waals surface area contributed by atoms with E-state index in [-0.39, 0.29) is 65.3 Å². The van der Waals surface area contributed by atoms with Crippen LogP contribution in [-0.2, 0) is 89.9 Å². The molecule has 8 atom stereocenters. The van der Waals surface area contributed by atoms with Gasteiger partial charge in [-0.1, -0.05) is 36.4 Å². The molecule has 3 aromatic heterocycles. The average Bonchev–Trinajstić information content (AvgIpc) is 1.56. The molecule has 4 aromatic carbocycles. The first kappa shape index (κ1) is 73.9. The molecule has 0 radical (unpaired) electrons. The standard InChI is InChI=1S/C68H78F2N14O14S2/c1-67(2,98)58-64(95)75-31-56(87)77-49(22-39-28-73-47-14-10-41(69)24-45(39)47)60(91)78-50(23-40-29-74-48-15-11-42(70)25-46(40)48)61(92)80-52(27-57(88)89)63(94)79-51(26-43-30-72-35-76-43)62(93)81-53(21-36-8-12-44(85)13-9-36)65(96)84-18-5-17-68(84,3)66(97)82-54(59(71)90)34-100-33-38-7-4-6-37(20-38)32-99-19-16-55(86)83-58/h4,6-15,20,24-25,28-30,35,49-54,58,73-74,85,98H,5,16-19,21-23,26-27,31-34H2,1-3H3,(H2,71,90)(H,72,76)(H,75,95)(H,77,87)(H,78,91)(H,79,94)(H,80,92)(H,81,93)(H,82,97)(H,83,86)(H,88,89)/t49-,50-,51-,52-,53-,54-,58?,68-/m0/s1. The van der Waals surface area contributed by atoms with Crippen LogP contribution in [0.15, 0.2) is 110 Å². The highest BCUT2D eigenvalue weighted by Gasteiger charge is 2.49. The molecule has 28 nitrogen and oxygen atoms in total. The van der Waals surface area contributed by atoms with Gasteiger partial charge in [-0.2, -0.15) is 23.5 Å². The lowest BCUT2D eigenvalue weighted by Crippen LogP contribution is -2.63. The molecule has 10 amide bonds. The summed E-state index contributed by atoms with van der Waals surface area (Å²) >= 11 is 2.71. The largest absolute Gasteiger partial charge is 0.508 e. The topological polar surface area (TPSA) is 434 Å². The van der Waals surface area contributed by atoms with Crippen LogP contribution in [0.1, 0.15) is 80.0 Å². The number of aliphatic carboxylic acids is 1. The van der Waals surface area contributed by atoms with Crippen molar-refractivity contribution in [2.75, 3.05) is 24.6 Å². The van der Waals surface area contributed by atoms with Gasteiger partial charge in [0.25, 0.3) is 0 Å². The van der Waals surface area contributed by atoms with Crippen molar-refractivity contribution in [1.29, 1.82) is 0 Å². The number of fused-ring (bicyclic) bond motifs is 5. The van der Waals surface area contributed by atoms with Crippen LogP contribution >= 0.6 is 23.5 Å². The van der Waals surface area contributed by atoms with Crippen molar-refractivity contribution in [3.63, 3.8) is 0 Å². The molecule has 530 valence electrons. The Labute approximate surface area is 580 Å². The molecule has 7 aromatic rings. The zero-order chi connectivity index (χ0) is 72.0. The Morgan fingerprint density at radius 1 is 0.670 bits per heavy atom. The van der Waals surface area contributed by atoms with Crippen LogP contribution in [0.3, 0.4) is 0 Å². The van der Waals surface area contributed by atoms with Crippen molar-refractivity contribution in [2.45, 2.75) is 137 Å². The van der Waals surface area contributed by atoms with Crippen molar-refractivity contribution < 1.29 is 76.8 Å². The van der Waals surface area contributed by atoms with Crippen LogP contribution in [0.4, 0.5) is 8.78 Å². The number of aromatic hydroxyl groups is 1. The zero-order valence-electron chi connectivity index (χ0n) is 54.7. The minimum Gasteiger partial charge on any atom is -0.508 e. The number of halogens is 2. The van der Waals surface area contributed by atoms with Crippen LogP contribution in [0.2, 0.25) is 0 Å². The number of rotatable bonds is 12. The number of benzene rings is 4. The molecular formula is C68H78F2N14O14S2. The van der Waals surface area contributed by atoms with Crippen molar-refractivity contribution in [2.24, 2.45) is 5.73 Å². The summed E-state index contributed by atoms with van der Waals surface area (Å²) in [5.41, 5.74) is 6.11. The van der Waals surface area contributed by atoms with Gasteiger partial charge in [-0.3, -0.25) is 52.7 Å². The first-order chi connectivity index (χ1) is 47.6. The van der Waals surface area contributed by atoms with E-state index in [9.17, 15) is 57.7 Å². The van der Waals surface area contributed by atoms with E-state index in [1.165, 1.54) is 129 Å². The second-order valence-electron chi connectivity index (χ2n) is 25.3. The van der Waals surface area contributed by atoms with Gasteiger partial charge in [0.2, 0.25) is 59.1 Å². The van der Waals surface area contributed by atoms with Gasteiger partial charge in [-0.15, -0.1) is 0 Å². The number of phenolic OH excluding ortho intramolecular Hbond substituents is 1. The molecule has 1 fully saturated rings. The molecule has 0 spiro atoms. The lowest BCUT2D eigenvalue weighted by molar-refractivity contribution is -0.147. The number of aromatic nitrogens is 4. The van der Waals surface area contributed by atoms with Crippen LogP contribution in [0.25, 0.3) is 21.8 Å². The number of carboxylic acids is 1. The molecule has 16 N–H and O–H groups in total. The third-order valence-electron chi connectivity index (χ3n) is 17.2. The summed E-state index contributed by atoms with van der Waals surface area (Å²) in [5.74, 6) is -11.5. The number of nitrogens with zero attached hydrogens (tertiary/aromatic N) is 2. The van der Waals surface area contributed by atoms with Crippen LogP contribution in [0.5, 0.6) is 5.75 Å². The maximum Gasteiger partial charge on any atom is 0.305 e. The maximum atomic E-state index is 15.2. The number of phenols is 1. The summed E-state index contributed by atoms with van der Waals surface area (Å²) < 4.78 is 29.8. The van der Waals surface area contributed by atoms with Gasteiger partial charge < -0.3 is 83.4 Å².